The summed E-state index contributed by atoms with van der Waals surface area (Å²) < 4.78 is 18.9. The molecule has 0 N–H and O–H groups in total. The van der Waals surface area contributed by atoms with E-state index in [1.54, 1.807) is 12.1 Å². The molecule has 0 atom stereocenters. The van der Waals surface area contributed by atoms with Crippen LogP contribution in [0, 0.1) is 26.2 Å². The zero-order valence-corrected chi connectivity index (χ0v) is 17.8. The van der Waals surface area contributed by atoms with Crippen LogP contribution in [-0.4, -0.2) is 31.8 Å². The van der Waals surface area contributed by atoms with Gasteiger partial charge in [0.15, 0.2) is 16.3 Å². The van der Waals surface area contributed by atoms with Crippen molar-refractivity contribution in [3.8, 4) is 29.6 Å². The molecule has 29 heavy (non-hydrogen) atoms. The van der Waals surface area contributed by atoms with E-state index in [4.69, 9.17) is 20.6 Å². The molecule has 1 aromatic heterocycles. The monoisotopic (exact) mass is 410 g/mol. The van der Waals surface area contributed by atoms with E-state index in [-0.39, 0.29) is 0 Å². The van der Waals surface area contributed by atoms with Gasteiger partial charge in [-0.1, -0.05) is 23.3 Å². The van der Waals surface area contributed by atoms with Crippen LogP contribution < -0.4 is 19.0 Å². The van der Waals surface area contributed by atoms with E-state index < -0.39 is 5.91 Å². The summed E-state index contributed by atoms with van der Waals surface area (Å²) in [6.45, 7) is 4.39. The molecule has 0 saturated heterocycles. The topological polar surface area (TPSA) is 62.1 Å². The Balaban J connectivity index is 2.19. The highest BCUT2D eigenvalue weighted by Gasteiger charge is 2.17. The molecule has 0 fully saturated rings. The van der Waals surface area contributed by atoms with Gasteiger partial charge in [0, 0.05) is 5.56 Å². The van der Waals surface area contributed by atoms with Gasteiger partial charge in [0.2, 0.25) is 5.75 Å². The molecule has 0 radical (unpaired) electrons. The first-order valence-corrected chi connectivity index (χ1v) is 9.68. The number of hydrogen-bond donors (Lipinski definition) is 0. The van der Waals surface area contributed by atoms with Crippen LogP contribution in [0.4, 0.5) is 0 Å². The van der Waals surface area contributed by atoms with E-state index in [9.17, 15) is 4.79 Å². The number of hydrogen-bond acceptors (Lipinski definition) is 5. The fourth-order valence-electron chi connectivity index (χ4n) is 3.20. The first-order valence-electron chi connectivity index (χ1n) is 8.86. The second kappa shape index (κ2) is 8.41. The number of benzene rings is 2. The van der Waals surface area contributed by atoms with Crippen molar-refractivity contribution in [1.29, 1.82) is 0 Å². The lowest BCUT2D eigenvalue weighted by Gasteiger charge is -2.12. The molecule has 0 bridgehead atoms. The molecule has 1 amide bonds. The molecule has 3 aromatic rings. The number of ether oxygens (including phenoxy) is 3. The maximum Gasteiger partial charge on any atom is 0.279 e. The van der Waals surface area contributed by atoms with Gasteiger partial charge in [0.1, 0.15) is 0 Å². The third-order valence-corrected chi connectivity index (χ3v) is 5.70. The van der Waals surface area contributed by atoms with E-state index in [2.05, 4.69) is 23.0 Å². The van der Waals surface area contributed by atoms with Gasteiger partial charge in [0.05, 0.1) is 38.1 Å². The van der Waals surface area contributed by atoms with Crippen LogP contribution in [0.15, 0.2) is 29.3 Å². The summed E-state index contributed by atoms with van der Waals surface area (Å²) >= 11 is 1.44. The number of amides is 1. The molecule has 7 heteroatoms. The number of aryl methyl sites for hydroxylation is 2. The standard InChI is InChI=1S/C22H22N2O4S/c1-7-8-24-16-10-13(2)9-14(3)20(16)29-22(24)23-21(25)15-11-17(26-4)19(28-6)18(12-15)27-5/h1,9-12H,8H2,2-6H3. The van der Waals surface area contributed by atoms with Crippen LogP contribution in [-0.2, 0) is 6.54 Å². The van der Waals surface area contributed by atoms with Crippen molar-refractivity contribution in [1.82, 2.24) is 4.57 Å². The lowest BCUT2D eigenvalue weighted by Crippen LogP contribution is -2.16. The SMILES string of the molecule is C#CCn1c(=NC(=O)c2cc(OC)c(OC)c(OC)c2)sc2c(C)cc(C)cc21. The number of terminal acetylenes is 1. The molecule has 3 rings (SSSR count). The minimum absolute atomic E-state index is 0.324. The molecule has 0 saturated carbocycles. The summed E-state index contributed by atoms with van der Waals surface area (Å²) in [5.74, 6) is 3.43. The number of rotatable bonds is 5. The van der Waals surface area contributed by atoms with Crippen LogP contribution in [0.3, 0.4) is 0 Å². The molecule has 150 valence electrons. The predicted molar refractivity (Wildman–Crippen MR) is 114 cm³/mol. The normalized spacial score (nSPS) is 11.4. The number of fused-ring (bicyclic) bond motifs is 1. The van der Waals surface area contributed by atoms with Gasteiger partial charge in [0.25, 0.3) is 5.91 Å². The number of thiazole rings is 1. The summed E-state index contributed by atoms with van der Waals surface area (Å²) in [6.07, 6.45) is 5.57. The van der Waals surface area contributed by atoms with E-state index in [1.165, 1.54) is 32.7 Å². The van der Waals surface area contributed by atoms with Gasteiger partial charge in [-0.2, -0.15) is 4.99 Å². The smallest absolute Gasteiger partial charge is 0.279 e. The highest BCUT2D eigenvalue weighted by molar-refractivity contribution is 7.16. The van der Waals surface area contributed by atoms with Crippen LogP contribution in [0.2, 0.25) is 0 Å². The highest BCUT2D eigenvalue weighted by atomic mass is 32.1. The molecule has 6 nitrogen and oxygen atoms in total. The average molecular weight is 410 g/mol. The van der Waals surface area contributed by atoms with Gasteiger partial charge in [-0.25, -0.2) is 0 Å². The van der Waals surface area contributed by atoms with Crippen molar-refractivity contribution < 1.29 is 19.0 Å². The van der Waals surface area contributed by atoms with Gasteiger partial charge < -0.3 is 18.8 Å². The zero-order valence-electron chi connectivity index (χ0n) is 17.0. The Hall–Kier alpha value is -3.24. The molecule has 0 spiro atoms. The molecule has 0 aliphatic carbocycles. The van der Waals surface area contributed by atoms with Gasteiger partial charge in [-0.3, -0.25) is 4.79 Å². The van der Waals surface area contributed by atoms with Gasteiger partial charge >= 0.3 is 0 Å². The number of methoxy groups -OCH3 is 3. The second-order valence-electron chi connectivity index (χ2n) is 6.44. The van der Waals surface area contributed by atoms with Crippen LogP contribution in [0.5, 0.6) is 17.2 Å². The molecule has 0 aliphatic heterocycles. The molecule has 0 unspecified atom stereocenters. The Morgan fingerprint density at radius 2 is 1.76 bits per heavy atom. The lowest BCUT2D eigenvalue weighted by molar-refractivity contribution is 0.0997. The fraction of sp³-hybridized carbons (Fsp3) is 0.273. The Kier molecular flexibility index (Phi) is 5.95. The van der Waals surface area contributed by atoms with Crippen molar-refractivity contribution in [3.05, 3.63) is 45.8 Å². The minimum Gasteiger partial charge on any atom is -0.493 e. The fourth-order valence-corrected chi connectivity index (χ4v) is 4.28. The van der Waals surface area contributed by atoms with Crippen molar-refractivity contribution in [2.75, 3.05) is 21.3 Å². The summed E-state index contributed by atoms with van der Waals surface area (Å²) in [4.78, 5) is 17.9. The first-order chi connectivity index (χ1) is 13.9. The maximum absolute atomic E-state index is 13.0. The molecule has 2 aromatic carbocycles. The third kappa shape index (κ3) is 3.84. The van der Waals surface area contributed by atoms with Gasteiger partial charge in [-0.15, -0.1) is 6.42 Å². The lowest BCUT2D eigenvalue weighted by atomic mass is 10.1. The Labute approximate surface area is 173 Å². The average Bonchev–Trinajstić information content (AvgIpc) is 3.04. The zero-order chi connectivity index (χ0) is 21.1. The number of carbonyl (C=O) groups excluding carboxylic acids is 1. The summed E-state index contributed by atoms with van der Waals surface area (Å²) in [7, 11) is 4.51. The number of carbonyl (C=O) groups is 1. The number of nitrogens with zero attached hydrogens (tertiary/aromatic N) is 2. The third-order valence-electron chi connectivity index (χ3n) is 4.47. The summed E-state index contributed by atoms with van der Waals surface area (Å²) in [6, 6.07) is 7.33. The summed E-state index contributed by atoms with van der Waals surface area (Å²) in [5, 5.41) is 0. The first kappa shape index (κ1) is 20.5. The van der Waals surface area contributed by atoms with E-state index in [0.29, 0.717) is 34.2 Å². The maximum atomic E-state index is 13.0. The second-order valence-corrected chi connectivity index (χ2v) is 7.41. The Morgan fingerprint density at radius 1 is 1.10 bits per heavy atom. The number of aromatic nitrogens is 1. The Morgan fingerprint density at radius 3 is 2.31 bits per heavy atom. The van der Waals surface area contributed by atoms with Crippen molar-refractivity contribution >= 4 is 27.5 Å². The largest absolute Gasteiger partial charge is 0.493 e. The Bertz CT molecular complexity index is 1170. The van der Waals surface area contributed by atoms with Crippen molar-refractivity contribution in [3.63, 3.8) is 0 Å². The predicted octanol–water partition coefficient (Wildman–Crippen LogP) is 3.72. The van der Waals surface area contributed by atoms with Gasteiger partial charge in [-0.05, 0) is 43.2 Å². The van der Waals surface area contributed by atoms with Crippen molar-refractivity contribution in [2.45, 2.75) is 20.4 Å². The van der Waals surface area contributed by atoms with Crippen molar-refractivity contribution in [2.24, 2.45) is 4.99 Å². The molecular formula is C22H22N2O4S. The highest BCUT2D eigenvalue weighted by Crippen LogP contribution is 2.38. The van der Waals surface area contributed by atoms with Crippen LogP contribution in [0.25, 0.3) is 10.2 Å². The van der Waals surface area contributed by atoms with Crippen LogP contribution in [0.1, 0.15) is 21.5 Å². The molecule has 0 aliphatic rings. The molecule has 1 heterocycles. The van der Waals surface area contributed by atoms with E-state index in [0.717, 1.165) is 21.3 Å². The quantitative estimate of drug-likeness (QED) is 0.602. The van der Waals surface area contributed by atoms with E-state index in [1.807, 2.05) is 18.4 Å². The van der Waals surface area contributed by atoms with Crippen LogP contribution >= 0.6 is 11.3 Å². The minimum atomic E-state index is -0.420. The molecular weight excluding hydrogens is 388 g/mol. The van der Waals surface area contributed by atoms with E-state index >= 15 is 0 Å². The summed E-state index contributed by atoms with van der Waals surface area (Å²) in [5.41, 5.74) is 3.55.